The quantitative estimate of drug-likeness (QED) is 0.857. The van der Waals surface area contributed by atoms with Crippen molar-refractivity contribution in [3.8, 4) is 5.75 Å². The molecule has 0 radical (unpaired) electrons. The first-order valence-electron chi connectivity index (χ1n) is 6.73. The molecule has 1 amide bonds. The number of rotatable bonds is 6. The van der Waals surface area contributed by atoms with Crippen LogP contribution in [0.5, 0.6) is 5.75 Å². The third kappa shape index (κ3) is 3.50. The van der Waals surface area contributed by atoms with Gasteiger partial charge < -0.3 is 14.7 Å². The molecule has 1 aliphatic heterocycles. The average Bonchev–Trinajstić information content (AvgIpc) is 2.81. The summed E-state index contributed by atoms with van der Waals surface area (Å²) in [5, 5.41) is 8.91. The SMILES string of the molecule is COc1ccc(CCCN2CC(C(=O)O)CC2=O)cc1. The first-order chi connectivity index (χ1) is 9.60. The second-order valence-electron chi connectivity index (χ2n) is 5.03. The maximum absolute atomic E-state index is 11.7. The van der Waals surface area contributed by atoms with Crippen LogP contribution in [0.25, 0.3) is 0 Å². The number of carbonyl (C=O) groups is 2. The van der Waals surface area contributed by atoms with Crippen molar-refractivity contribution in [1.29, 1.82) is 0 Å². The number of carboxylic acids is 1. The van der Waals surface area contributed by atoms with Gasteiger partial charge in [0.05, 0.1) is 13.0 Å². The standard InChI is InChI=1S/C15H19NO4/c1-20-13-6-4-11(5-7-13)3-2-8-16-10-12(15(18)19)9-14(16)17/h4-7,12H,2-3,8-10H2,1H3,(H,18,19). The zero-order valence-electron chi connectivity index (χ0n) is 11.5. The molecule has 0 bridgehead atoms. The molecule has 5 nitrogen and oxygen atoms in total. The largest absolute Gasteiger partial charge is 0.497 e. The Kier molecular flexibility index (Phi) is 4.61. The van der Waals surface area contributed by atoms with E-state index < -0.39 is 11.9 Å². The van der Waals surface area contributed by atoms with E-state index in [1.54, 1.807) is 12.0 Å². The predicted molar refractivity (Wildman–Crippen MR) is 73.6 cm³/mol. The Morgan fingerprint density at radius 3 is 2.65 bits per heavy atom. The van der Waals surface area contributed by atoms with Crippen LogP contribution in [0.4, 0.5) is 0 Å². The highest BCUT2D eigenvalue weighted by atomic mass is 16.5. The van der Waals surface area contributed by atoms with E-state index in [0.717, 1.165) is 18.6 Å². The van der Waals surface area contributed by atoms with Gasteiger partial charge in [-0.05, 0) is 30.5 Å². The van der Waals surface area contributed by atoms with E-state index in [1.165, 1.54) is 5.56 Å². The molecule has 1 aliphatic rings. The monoisotopic (exact) mass is 277 g/mol. The fourth-order valence-electron chi connectivity index (χ4n) is 2.42. The number of ether oxygens (including phenoxy) is 1. The van der Waals surface area contributed by atoms with E-state index >= 15 is 0 Å². The summed E-state index contributed by atoms with van der Waals surface area (Å²) in [6.45, 7) is 0.964. The maximum atomic E-state index is 11.7. The lowest BCUT2D eigenvalue weighted by Crippen LogP contribution is -2.27. The molecule has 1 N–H and O–H groups in total. The third-order valence-electron chi connectivity index (χ3n) is 3.62. The number of likely N-dealkylation sites (tertiary alicyclic amines) is 1. The molecule has 20 heavy (non-hydrogen) atoms. The first-order valence-corrected chi connectivity index (χ1v) is 6.73. The molecule has 0 aliphatic carbocycles. The lowest BCUT2D eigenvalue weighted by Gasteiger charge is -2.15. The number of amides is 1. The van der Waals surface area contributed by atoms with Crippen LogP contribution in [-0.2, 0) is 16.0 Å². The highest BCUT2D eigenvalue weighted by Gasteiger charge is 2.33. The Hall–Kier alpha value is -2.04. The number of hydrogen-bond donors (Lipinski definition) is 1. The van der Waals surface area contributed by atoms with Crippen LogP contribution in [0, 0.1) is 5.92 Å². The van der Waals surface area contributed by atoms with E-state index in [9.17, 15) is 9.59 Å². The number of methoxy groups -OCH3 is 1. The van der Waals surface area contributed by atoms with Gasteiger partial charge in [0.1, 0.15) is 5.75 Å². The van der Waals surface area contributed by atoms with Crippen LogP contribution in [0.2, 0.25) is 0 Å². The number of carboxylic acid groups (broad SMARTS) is 1. The molecule has 1 unspecified atom stereocenters. The second kappa shape index (κ2) is 6.41. The van der Waals surface area contributed by atoms with Crippen molar-refractivity contribution in [2.75, 3.05) is 20.2 Å². The molecule has 108 valence electrons. The number of aryl methyl sites for hydroxylation is 1. The van der Waals surface area contributed by atoms with Crippen molar-refractivity contribution in [2.45, 2.75) is 19.3 Å². The van der Waals surface area contributed by atoms with Crippen molar-refractivity contribution in [1.82, 2.24) is 4.90 Å². The lowest BCUT2D eigenvalue weighted by molar-refractivity contribution is -0.141. The van der Waals surface area contributed by atoms with Gasteiger partial charge in [-0.15, -0.1) is 0 Å². The summed E-state index contributed by atoms with van der Waals surface area (Å²) in [5.41, 5.74) is 1.19. The summed E-state index contributed by atoms with van der Waals surface area (Å²) in [7, 11) is 1.63. The molecule has 1 aromatic carbocycles. The predicted octanol–water partition coefficient (Wildman–Crippen LogP) is 1.56. The fourth-order valence-corrected chi connectivity index (χ4v) is 2.42. The van der Waals surface area contributed by atoms with Gasteiger partial charge >= 0.3 is 5.97 Å². The summed E-state index contributed by atoms with van der Waals surface area (Å²) in [6, 6.07) is 7.84. The number of hydrogen-bond acceptors (Lipinski definition) is 3. The normalized spacial score (nSPS) is 18.4. The fraction of sp³-hybridized carbons (Fsp3) is 0.467. The Morgan fingerprint density at radius 1 is 1.40 bits per heavy atom. The van der Waals surface area contributed by atoms with Crippen molar-refractivity contribution < 1.29 is 19.4 Å². The van der Waals surface area contributed by atoms with Crippen LogP contribution in [0.15, 0.2) is 24.3 Å². The van der Waals surface area contributed by atoms with Crippen LogP contribution < -0.4 is 4.74 Å². The highest BCUT2D eigenvalue weighted by Crippen LogP contribution is 2.19. The molecule has 1 aromatic rings. The van der Waals surface area contributed by atoms with E-state index in [4.69, 9.17) is 9.84 Å². The summed E-state index contributed by atoms with van der Waals surface area (Å²) < 4.78 is 5.09. The van der Waals surface area contributed by atoms with Crippen molar-refractivity contribution >= 4 is 11.9 Å². The Balaban J connectivity index is 1.78. The van der Waals surface area contributed by atoms with E-state index in [1.807, 2.05) is 24.3 Å². The smallest absolute Gasteiger partial charge is 0.308 e. The molecule has 1 heterocycles. The van der Waals surface area contributed by atoms with E-state index in [2.05, 4.69) is 0 Å². The Labute approximate surface area is 118 Å². The Morgan fingerprint density at radius 2 is 2.10 bits per heavy atom. The minimum atomic E-state index is -0.879. The molecule has 0 aromatic heterocycles. The maximum Gasteiger partial charge on any atom is 0.308 e. The molecule has 5 heteroatoms. The highest BCUT2D eigenvalue weighted by molar-refractivity contribution is 5.86. The molecular weight excluding hydrogens is 258 g/mol. The minimum Gasteiger partial charge on any atom is -0.497 e. The van der Waals surface area contributed by atoms with Gasteiger partial charge in [-0.25, -0.2) is 0 Å². The molecule has 1 saturated heterocycles. The Bertz CT molecular complexity index is 483. The first kappa shape index (κ1) is 14.4. The van der Waals surface area contributed by atoms with Gasteiger partial charge in [0.15, 0.2) is 0 Å². The van der Waals surface area contributed by atoms with Gasteiger partial charge in [0, 0.05) is 19.5 Å². The third-order valence-corrected chi connectivity index (χ3v) is 3.62. The van der Waals surface area contributed by atoms with E-state index in [-0.39, 0.29) is 12.3 Å². The summed E-state index contributed by atoms with van der Waals surface area (Å²) in [6.07, 6.45) is 1.84. The van der Waals surface area contributed by atoms with Gasteiger partial charge in [-0.2, -0.15) is 0 Å². The van der Waals surface area contributed by atoms with Gasteiger partial charge in [-0.3, -0.25) is 9.59 Å². The molecule has 2 rings (SSSR count). The van der Waals surface area contributed by atoms with Crippen molar-refractivity contribution in [3.05, 3.63) is 29.8 Å². The number of carbonyl (C=O) groups excluding carboxylic acids is 1. The molecule has 1 atom stereocenters. The zero-order chi connectivity index (χ0) is 14.5. The molecular formula is C15H19NO4. The molecule has 1 fully saturated rings. The lowest BCUT2D eigenvalue weighted by atomic mass is 10.1. The minimum absolute atomic E-state index is 0.0490. The number of nitrogens with zero attached hydrogens (tertiary/aromatic N) is 1. The number of benzene rings is 1. The van der Waals surface area contributed by atoms with Gasteiger partial charge in [0.25, 0.3) is 0 Å². The summed E-state index contributed by atoms with van der Waals surface area (Å²) >= 11 is 0. The van der Waals surface area contributed by atoms with Crippen molar-refractivity contribution in [3.63, 3.8) is 0 Å². The van der Waals surface area contributed by atoms with E-state index in [0.29, 0.717) is 13.1 Å². The van der Waals surface area contributed by atoms with Crippen LogP contribution in [-0.4, -0.2) is 42.1 Å². The topological polar surface area (TPSA) is 66.8 Å². The average molecular weight is 277 g/mol. The summed E-state index contributed by atoms with van der Waals surface area (Å²) in [5.74, 6) is -0.639. The van der Waals surface area contributed by atoms with Crippen molar-refractivity contribution in [2.24, 2.45) is 5.92 Å². The molecule has 0 saturated carbocycles. The zero-order valence-corrected chi connectivity index (χ0v) is 11.5. The van der Waals surface area contributed by atoms with Crippen LogP contribution in [0.3, 0.4) is 0 Å². The van der Waals surface area contributed by atoms with Gasteiger partial charge in [-0.1, -0.05) is 12.1 Å². The summed E-state index contributed by atoms with van der Waals surface area (Å²) in [4.78, 5) is 24.2. The van der Waals surface area contributed by atoms with Crippen LogP contribution in [0.1, 0.15) is 18.4 Å². The second-order valence-corrected chi connectivity index (χ2v) is 5.03. The van der Waals surface area contributed by atoms with Crippen LogP contribution >= 0.6 is 0 Å². The molecule has 0 spiro atoms. The number of aliphatic carboxylic acids is 1. The van der Waals surface area contributed by atoms with Gasteiger partial charge in [0.2, 0.25) is 5.91 Å².